The minimum Gasteiger partial charge on any atom is -0.394 e. The quantitative estimate of drug-likeness (QED) is 0.0373. The standard InChI is InChI=1S/C46H91NO4/c1-3-5-7-9-11-13-15-17-18-19-20-21-22-23-24-25-26-28-29-31-33-35-37-39-43(49)41-46(51)47-44(42-48)45(50)40-38-36-34-32-30-27-16-14-12-10-8-6-4-2/h23-24,43-45,48-50H,3-22,25-42H2,1-2H3,(H,47,51)/b24-23-. The Morgan fingerprint density at radius 2 is 0.784 bits per heavy atom. The van der Waals surface area contributed by atoms with Crippen molar-refractivity contribution in [1.29, 1.82) is 0 Å². The van der Waals surface area contributed by atoms with Gasteiger partial charge in [-0.3, -0.25) is 4.79 Å². The molecule has 0 bridgehead atoms. The van der Waals surface area contributed by atoms with Gasteiger partial charge in [-0.2, -0.15) is 0 Å². The second-order valence-electron chi connectivity index (χ2n) is 16.0. The van der Waals surface area contributed by atoms with Crippen molar-refractivity contribution in [3.63, 3.8) is 0 Å². The minimum atomic E-state index is -0.746. The number of hydrogen-bond acceptors (Lipinski definition) is 4. The number of allylic oxidation sites excluding steroid dienone is 2. The van der Waals surface area contributed by atoms with Crippen LogP contribution in [0.4, 0.5) is 0 Å². The predicted octanol–water partition coefficient (Wildman–Crippen LogP) is 13.2. The zero-order valence-corrected chi connectivity index (χ0v) is 34.5. The highest BCUT2D eigenvalue weighted by Crippen LogP contribution is 2.16. The summed E-state index contributed by atoms with van der Waals surface area (Å²) in [6, 6.07) is -0.656. The van der Waals surface area contributed by atoms with E-state index in [1.165, 1.54) is 193 Å². The van der Waals surface area contributed by atoms with Crippen molar-refractivity contribution in [3.8, 4) is 0 Å². The van der Waals surface area contributed by atoms with Crippen LogP contribution in [0, 0.1) is 0 Å². The first kappa shape index (κ1) is 50.1. The molecule has 0 radical (unpaired) electrons. The summed E-state index contributed by atoms with van der Waals surface area (Å²) in [6.07, 6.45) is 49.0. The van der Waals surface area contributed by atoms with Gasteiger partial charge in [-0.05, 0) is 38.5 Å². The van der Waals surface area contributed by atoms with Crippen molar-refractivity contribution in [2.24, 2.45) is 0 Å². The molecule has 0 saturated carbocycles. The van der Waals surface area contributed by atoms with E-state index in [1.54, 1.807) is 0 Å². The molecule has 304 valence electrons. The van der Waals surface area contributed by atoms with Crippen LogP contribution in [0.15, 0.2) is 12.2 Å². The molecule has 0 aromatic rings. The van der Waals surface area contributed by atoms with Gasteiger partial charge < -0.3 is 20.6 Å². The number of nitrogens with one attached hydrogen (secondary N) is 1. The van der Waals surface area contributed by atoms with Gasteiger partial charge in [-0.15, -0.1) is 0 Å². The lowest BCUT2D eigenvalue weighted by molar-refractivity contribution is -0.125. The number of aliphatic hydroxyl groups is 3. The van der Waals surface area contributed by atoms with E-state index in [4.69, 9.17) is 0 Å². The number of carbonyl (C=O) groups excluding carboxylic acids is 1. The number of unbranched alkanes of at least 4 members (excludes halogenated alkanes) is 31. The monoisotopic (exact) mass is 722 g/mol. The molecule has 3 unspecified atom stereocenters. The highest BCUT2D eigenvalue weighted by Gasteiger charge is 2.21. The van der Waals surface area contributed by atoms with Crippen LogP contribution in [0.3, 0.4) is 0 Å². The molecule has 0 aliphatic carbocycles. The number of carbonyl (C=O) groups is 1. The molecule has 0 saturated heterocycles. The van der Waals surface area contributed by atoms with Gasteiger partial charge in [0.05, 0.1) is 31.3 Å². The van der Waals surface area contributed by atoms with Crippen molar-refractivity contribution in [1.82, 2.24) is 5.32 Å². The third-order valence-electron chi connectivity index (χ3n) is 10.8. The van der Waals surface area contributed by atoms with E-state index in [0.29, 0.717) is 12.8 Å². The number of aliphatic hydroxyl groups excluding tert-OH is 3. The molecule has 5 nitrogen and oxygen atoms in total. The minimum absolute atomic E-state index is 0.0365. The number of rotatable bonds is 42. The molecule has 4 N–H and O–H groups in total. The normalized spacial score (nSPS) is 13.6. The lowest BCUT2D eigenvalue weighted by Crippen LogP contribution is -2.46. The lowest BCUT2D eigenvalue weighted by atomic mass is 10.0. The molecule has 3 atom stereocenters. The first-order chi connectivity index (χ1) is 25.0. The first-order valence-corrected chi connectivity index (χ1v) is 23.0. The SMILES string of the molecule is CCCCCCCCCCCCCC/C=C\CCCCCCCCCC(O)CC(=O)NC(CO)C(O)CCCCCCCCCCCCCCC. The molecule has 51 heavy (non-hydrogen) atoms. The topological polar surface area (TPSA) is 89.8 Å². The van der Waals surface area contributed by atoms with Crippen molar-refractivity contribution in [3.05, 3.63) is 12.2 Å². The highest BCUT2D eigenvalue weighted by atomic mass is 16.3. The second-order valence-corrected chi connectivity index (χ2v) is 16.0. The zero-order chi connectivity index (χ0) is 37.3. The van der Waals surface area contributed by atoms with Crippen molar-refractivity contribution in [2.75, 3.05) is 6.61 Å². The van der Waals surface area contributed by atoms with E-state index in [2.05, 4.69) is 31.3 Å². The smallest absolute Gasteiger partial charge is 0.222 e. The van der Waals surface area contributed by atoms with Gasteiger partial charge in [0.2, 0.25) is 5.91 Å². The third kappa shape index (κ3) is 38.6. The van der Waals surface area contributed by atoms with Crippen molar-refractivity contribution >= 4 is 5.91 Å². The summed E-state index contributed by atoms with van der Waals surface area (Å²) in [5.74, 6) is -0.283. The van der Waals surface area contributed by atoms with Gasteiger partial charge in [0.1, 0.15) is 0 Å². The van der Waals surface area contributed by atoms with E-state index >= 15 is 0 Å². The molecular weight excluding hydrogens is 631 g/mol. The Kier molecular flexibility index (Phi) is 41.1. The Balaban J connectivity index is 3.57. The molecule has 0 aromatic heterocycles. The van der Waals surface area contributed by atoms with Crippen molar-refractivity contribution < 1.29 is 20.1 Å². The highest BCUT2D eigenvalue weighted by molar-refractivity contribution is 5.76. The summed E-state index contributed by atoms with van der Waals surface area (Å²) in [5, 5.41) is 33.4. The average molecular weight is 722 g/mol. The maximum absolute atomic E-state index is 12.4. The van der Waals surface area contributed by atoms with Gasteiger partial charge in [-0.25, -0.2) is 0 Å². The summed E-state index contributed by atoms with van der Waals surface area (Å²) < 4.78 is 0. The molecular formula is C46H91NO4. The summed E-state index contributed by atoms with van der Waals surface area (Å²) >= 11 is 0. The van der Waals surface area contributed by atoms with Crippen LogP contribution in [-0.2, 0) is 4.79 Å². The molecule has 1 amide bonds. The largest absolute Gasteiger partial charge is 0.394 e. The molecule has 5 heteroatoms. The van der Waals surface area contributed by atoms with Gasteiger partial charge in [0.25, 0.3) is 0 Å². The van der Waals surface area contributed by atoms with Crippen LogP contribution in [-0.4, -0.2) is 46.1 Å². The van der Waals surface area contributed by atoms with Crippen LogP contribution in [0.25, 0.3) is 0 Å². The van der Waals surface area contributed by atoms with Gasteiger partial charge >= 0.3 is 0 Å². The van der Waals surface area contributed by atoms with Gasteiger partial charge in [0, 0.05) is 0 Å². The Hall–Kier alpha value is -0.910. The Morgan fingerprint density at radius 3 is 1.14 bits per heavy atom. The van der Waals surface area contributed by atoms with Gasteiger partial charge in [0.15, 0.2) is 0 Å². The van der Waals surface area contributed by atoms with E-state index in [1.807, 2.05) is 0 Å². The van der Waals surface area contributed by atoms with E-state index in [-0.39, 0.29) is 18.9 Å². The fourth-order valence-electron chi connectivity index (χ4n) is 7.28. The van der Waals surface area contributed by atoms with E-state index < -0.39 is 18.2 Å². The van der Waals surface area contributed by atoms with Crippen LogP contribution in [0.2, 0.25) is 0 Å². The maximum Gasteiger partial charge on any atom is 0.222 e. The third-order valence-corrected chi connectivity index (χ3v) is 10.8. The van der Waals surface area contributed by atoms with Gasteiger partial charge in [-0.1, -0.05) is 219 Å². The fourth-order valence-corrected chi connectivity index (χ4v) is 7.28. The second kappa shape index (κ2) is 41.8. The molecule has 0 fully saturated rings. The summed E-state index contributed by atoms with van der Waals surface area (Å²) in [6.45, 7) is 4.27. The summed E-state index contributed by atoms with van der Waals surface area (Å²) in [7, 11) is 0. The Morgan fingerprint density at radius 1 is 0.471 bits per heavy atom. The lowest BCUT2D eigenvalue weighted by Gasteiger charge is -2.23. The Labute approximate surface area is 319 Å². The predicted molar refractivity (Wildman–Crippen MR) is 222 cm³/mol. The van der Waals surface area contributed by atoms with Crippen LogP contribution >= 0.6 is 0 Å². The van der Waals surface area contributed by atoms with E-state index in [9.17, 15) is 20.1 Å². The number of hydrogen-bond donors (Lipinski definition) is 4. The van der Waals surface area contributed by atoms with Crippen LogP contribution < -0.4 is 5.32 Å². The summed E-state index contributed by atoms with van der Waals surface area (Å²) in [4.78, 5) is 12.4. The average Bonchev–Trinajstić information content (AvgIpc) is 3.12. The molecule has 0 aromatic carbocycles. The summed E-state index contributed by atoms with van der Waals surface area (Å²) in [5.41, 5.74) is 0. The van der Waals surface area contributed by atoms with Crippen molar-refractivity contribution in [2.45, 2.75) is 270 Å². The molecule has 0 spiro atoms. The first-order valence-electron chi connectivity index (χ1n) is 23.0. The molecule has 0 rings (SSSR count). The fraction of sp³-hybridized carbons (Fsp3) is 0.935. The van der Waals surface area contributed by atoms with Crippen LogP contribution in [0.5, 0.6) is 0 Å². The molecule has 0 aliphatic rings. The van der Waals surface area contributed by atoms with Crippen LogP contribution in [0.1, 0.15) is 251 Å². The Bertz CT molecular complexity index is 713. The van der Waals surface area contributed by atoms with E-state index in [0.717, 1.165) is 25.7 Å². The zero-order valence-electron chi connectivity index (χ0n) is 34.5. The molecule has 0 heterocycles. The molecule has 0 aliphatic heterocycles. The maximum atomic E-state index is 12.4. The number of amides is 1.